The Balaban J connectivity index is 2.09. The van der Waals surface area contributed by atoms with Crippen LogP contribution in [0.2, 0.25) is 0 Å². The zero-order valence-electron chi connectivity index (χ0n) is 16.8. The number of amides is 1. The summed E-state index contributed by atoms with van der Waals surface area (Å²) in [6.45, 7) is 1.18. The molecule has 29 heavy (non-hydrogen) atoms. The number of Topliss-reactive ketones (excluding diaryl/α,β-unsaturated/α-hetero) is 1. The van der Waals surface area contributed by atoms with Crippen LogP contribution in [0.1, 0.15) is 23.6 Å². The van der Waals surface area contributed by atoms with E-state index in [1.54, 1.807) is 37.4 Å². The van der Waals surface area contributed by atoms with Crippen molar-refractivity contribution in [2.45, 2.75) is 12.5 Å². The quantitative estimate of drug-likeness (QED) is 0.441. The molecule has 152 valence electrons. The molecule has 1 N–H and O–H groups in total. The molecule has 3 rings (SSSR count). The summed E-state index contributed by atoms with van der Waals surface area (Å²) >= 11 is 0. The number of carbonyl (C=O) groups is 2. The van der Waals surface area contributed by atoms with Gasteiger partial charge in [0.15, 0.2) is 0 Å². The predicted octanol–water partition coefficient (Wildman–Crippen LogP) is 2.46. The summed E-state index contributed by atoms with van der Waals surface area (Å²) in [7, 11) is 5.47. The Morgan fingerprint density at radius 2 is 1.93 bits per heavy atom. The molecular formula is C22H25N3O4. The highest BCUT2D eigenvalue weighted by molar-refractivity contribution is 6.46. The average molecular weight is 395 g/mol. The van der Waals surface area contributed by atoms with Crippen molar-refractivity contribution in [2.75, 3.05) is 34.3 Å². The Bertz CT molecular complexity index is 925. The third kappa shape index (κ3) is 4.30. The van der Waals surface area contributed by atoms with Crippen molar-refractivity contribution in [3.8, 4) is 5.75 Å². The van der Waals surface area contributed by atoms with Crippen LogP contribution in [0.4, 0.5) is 0 Å². The van der Waals surface area contributed by atoms with Crippen LogP contribution in [0.5, 0.6) is 5.75 Å². The standard InChI is InChI=1S/C22H25N3O4/c1-24(2)12-5-13-25-19(16-6-4-7-17(14-16)29-3)18(21(27)22(25)28)20(26)15-8-10-23-11-9-15/h4,6-11,14,19,26H,5,12-13H2,1-3H3/b20-18-. The maximum atomic E-state index is 12.9. The van der Waals surface area contributed by atoms with Crippen molar-refractivity contribution in [3.63, 3.8) is 0 Å². The molecule has 1 aliphatic heterocycles. The van der Waals surface area contributed by atoms with Crippen molar-refractivity contribution in [1.29, 1.82) is 0 Å². The lowest BCUT2D eigenvalue weighted by atomic mass is 9.95. The summed E-state index contributed by atoms with van der Waals surface area (Å²) in [6, 6.07) is 9.76. The highest BCUT2D eigenvalue weighted by Crippen LogP contribution is 2.40. The van der Waals surface area contributed by atoms with Crippen molar-refractivity contribution in [1.82, 2.24) is 14.8 Å². The zero-order chi connectivity index (χ0) is 21.0. The maximum Gasteiger partial charge on any atom is 0.295 e. The van der Waals surface area contributed by atoms with Crippen LogP contribution in [0.15, 0.2) is 54.4 Å². The van der Waals surface area contributed by atoms with Gasteiger partial charge in [0, 0.05) is 24.5 Å². The van der Waals surface area contributed by atoms with Gasteiger partial charge in [0.2, 0.25) is 0 Å². The molecule has 0 radical (unpaired) electrons. The molecule has 1 unspecified atom stereocenters. The smallest absolute Gasteiger partial charge is 0.295 e. The number of aromatic nitrogens is 1. The largest absolute Gasteiger partial charge is 0.507 e. The summed E-state index contributed by atoms with van der Waals surface area (Å²) in [6.07, 6.45) is 3.77. The molecule has 0 aliphatic carbocycles. The van der Waals surface area contributed by atoms with Crippen molar-refractivity contribution in [2.24, 2.45) is 0 Å². The number of ketones is 1. The van der Waals surface area contributed by atoms with Crippen molar-refractivity contribution < 1.29 is 19.4 Å². The highest BCUT2D eigenvalue weighted by Gasteiger charge is 2.45. The summed E-state index contributed by atoms with van der Waals surface area (Å²) in [5.41, 5.74) is 1.24. The van der Waals surface area contributed by atoms with E-state index in [4.69, 9.17) is 4.74 Å². The average Bonchev–Trinajstić information content (AvgIpc) is 2.98. The van der Waals surface area contributed by atoms with Crippen LogP contribution in [0, 0.1) is 0 Å². The second-order valence-corrected chi connectivity index (χ2v) is 7.16. The molecule has 7 nitrogen and oxygen atoms in total. The van der Waals surface area contributed by atoms with E-state index in [9.17, 15) is 14.7 Å². The van der Waals surface area contributed by atoms with Crippen LogP contribution < -0.4 is 4.74 Å². The van der Waals surface area contributed by atoms with Gasteiger partial charge in [-0.25, -0.2) is 0 Å². The number of pyridine rings is 1. The molecule has 0 saturated carbocycles. The molecule has 0 bridgehead atoms. The first kappa shape index (κ1) is 20.5. The van der Waals surface area contributed by atoms with Gasteiger partial charge in [-0.15, -0.1) is 0 Å². The molecule has 1 aromatic carbocycles. The van der Waals surface area contributed by atoms with Gasteiger partial charge in [0.1, 0.15) is 11.5 Å². The number of aliphatic hydroxyl groups is 1. The Labute approximate surface area is 170 Å². The van der Waals surface area contributed by atoms with E-state index >= 15 is 0 Å². The minimum absolute atomic E-state index is 0.0827. The zero-order valence-corrected chi connectivity index (χ0v) is 16.8. The number of ether oxygens (including phenoxy) is 1. The molecule has 1 amide bonds. The number of aliphatic hydroxyl groups excluding tert-OH is 1. The lowest BCUT2D eigenvalue weighted by molar-refractivity contribution is -0.139. The predicted molar refractivity (Wildman–Crippen MR) is 109 cm³/mol. The molecule has 1 fully saturated rings. The van der Waals surface area contributed by atoms with E-state index in [0.717, 1.165) is 6.54 Å². The summed E-state index contributed by atoms with van der Waals surface area (Å²) < 4.78 is 5.31. The van der Waals surface area contributed by atoms with Crippen LogP contribution in [-0.2, 0) is 9.59 Å². The van der Waals surface area contributed by atoms with Gasteiger partial charge in [-0.3, -0.25) is 14.6 Å². The normalized spacial score (nSPS) is 18.5. The van der Waals surface area contributed by atoms with Gasteiger partial charge in [-0.1, -0.05) is 12.1 Å². The molecule has 2 aromatic rings. The van der Waals surface area contributed by atoms with Crippen LogP contribution >= 0.6 is 0 Å². The fourth-order valence-electron chi connectivity index (χ4n) is 3.49. The summed E-state index contributed by atoms with van der Waals surface area (Å²) in [5, 5.41) is 10.9. The molecule has 1 aliphatic rings. The van der Waals surface area contributed by atoms with Gasteiger partial charge >= 0.3 is 0 Å². The number of nitrogens with zero attached hydrogens (tertiary/aromatic N) is 3. The fourth-order valence-corrected chi connectivity index (χ4v) is 3.49. The summed E-state index contributed by atoms with van der Waals surface area (Å²) in [4.78, 5) is 33.2. The SMILES string of the molecule is COc1cccc(C2/C(=C(/O)c3ccncc3)C(=O)C(=O)N2CCCN(C)C)c1. The highest BCUT2D eigenvalue weighted by atomic mass is 16.5. The van der Waals surface area contributed by atoms with E-state index in [1.807, 2.05) is 25.1 Å². The van der Waals surface area contributed by atoms with E-state index in [2.05, 4.69) is 4.98 Å². The van der Waals surface area contributed by atoms with Crippen LogP contribution in [-0.4, -0.2) is 65.9 Å². The molecule has 7 heteroatoms. The molecule has 2 heterocycles. The molecule has 1 atom stereocenters. The first-order valence-corrected chi connectivity index (χ1v) is 9.41. The molecule has 0 spiro atoms. The van der Waals surface area contributed by atoms with Crippen molar-refractivity contribution >= 4 is 17.4 Å². The Morgan fingerprint density at radius 1 is 1.21 bits per heavy atom. The molecule has 1 aromatic heterocycles. The van der Waals surface area contributed by atoms with E-state index in [1.165, 1.54) is 17.3 Å². The Kier molecular flexibility index (Phi) is 6.29. The third-order valence-electron chi connectivity index (χ3n) is 4.91. The Hall–Kier alpha value is -3.19. The minimum Gasteiger partial charge on any atom is -0.507 e. The second kappa shape index (κ2) is 8.87. The van der Waals surface area contributed by atoms with Gasteiger partial charge in [0.05, 0.1) is 18.7 Å². The molecular weight excluding hydrogens is 370 g/mol. The fraction of sp³-hybridized carbons (Fsp3) is 0.318. The maximum absolute atomic E-state index is 12.9. The lowest BCUT2D eigenvalue weighted by Crippen LogP contribution is -2.32. The van der Waals surface area contributed by atoms with Gasteiger partial charge in [-0.05, 0) is 56.9 Å². The van der Waals surface area contributed by atoms with E-state index in [0.29, 0.717) is 29.8 Å². The third-order valence-corrected chi connectivity index (χ3v) is 4.91. The van der Waals surface area contributed by atoms with E-state index < -0.39 is 17.7 Å². The summed E-state index contributed by atoms with van der Waals surface area (Å²) in [5.74, 6) is -0.872. The second-order valence-electron chi connectivity index (χ2n) is 7.16. The first-order valence-electron chi connectivity index (χ1n) is 9.41. The van der Waals surface area contributed by atoms with Gasteiger partial charge in [0.25, 0.3) is 11.7 Å². The number of hydrogen-bond acceptors (Lipinski definition) is 6. The Morgan fingerprint density at radius 3 is 2.59 bits per heavy atom. The van der Waals surface area contributed by atoms with E-state index in [-0.39, 0.29) is 11.3 Å². The number of hydrogen-bond donors (Lipinski definition) is 1. The van der Waals surface area contributed by atoms with Gasteiger partial charge in [-0.2, -0.15) is 0 Å². The van der Waals surface area contributed by atoms with Crippen LogP contribution in [0.25, 0.3) is 5.76 Å². The van der Waals surface area contributed by atoms with Crippen molar-refractivity contribution in [3.05, 3.63) is 65.5 Å². The topological polar surface area (TPSA) is 83.0 Å². The van der Waals surface area contributed by atoms with Crippen LogP contribution in [0.3, 0.4) is 0 Å². The number of rotatable bonds is 7. The lowest BCUT2D eigenvalue weighted by Gasteiger charge is -2.26. The number of benzene rings is 1. The monoisotopic (exact) mass is 395 g/mol. The molecule has 1 saturated heterocycles. The van der Waals surface area contributed by atoms with Gasteiger partial charge < -0.3 is 19.6 Å². The first-order chi connectivity index (χ1) is 13.9. The minimum atomic E-state index is -0.683. The number of carbonyl (C=O) groups excluding carboxylic acids is 2. The number of likely N-dealkylation sites (tertiary alicyclic amines) is 1. The number of methoxy groups -OCH3 is 1.